The first kappa shape index (κ1) is 22.2. The molecule has 2 fully saturated rings. The molecule has 6 rings (SSSR count). The van der Waals surface area contributed by atoms with E-state index < -0.39 is 5.97 Å². The molecule has 2 aliphatic rings. The highest BCUT2D eigenvalue weighted by atomic mass is 16.5. The van der Waals surface area contributed by atoms with Crippen LogP contribution in [0.25, 0.3) is 11.0 Å². The van der Waals surface area contributed by atoms with E-state index in [4.69, 9.17) is 14.8 Å². The van der Waals surface area contributed by atoms with Gasteiger partial charge in [-0.2, -0.15) is 0 Å². The number of nitrogens with zero attached hydrogens (tertiary/aromatic N) is 4. The van der Waals surface area contributed by atoms with Gasteiger partial charge in [-0.05, 0) is 53.9 Å². The summed E-state index contributed by atoms with van der Waals surface area (Å²) in [7, 11) is 0. The first-order chi connectivity index (χ1) is 17.5. The molecule has 3 aromatic heterocycles. The monoisotopic (exact) mass is 484 g/mol. The van der Waals surface area contributed by atoms with Crippen molar-refractivity contribution in [2.75, 3.05) is 18.1 Å². The van der Waals surface area contributed by atoms with Gasteiger partial charge in [0.05, 0.1) is 29.8 Å². The van der Waals surface area contributed by atoms with E-state index in [9.17, 15) is 9.59 Å². The normalized spacial score (nSPS) is 18.6. The van der Waals surface area contributed by atoms with Gasteiger partial charge in [0.2, 0.25) is 0 Å². The highest BCUT2D eigenvalue weighted by Crippen LogP contribution is 2.31. The van der Waals surface area contributed by atoms with E-state index in [1.165, 1.54) is 12.3 Å². The van der Waals surface area contributed by atoms with Crippen LogP contribution < -0.4 is 10.2 Å². The zero-order valence-electron chi connectivity index (χ0n) is 19.3. The minimum absolute atomic E-state index is 0.0359. The maximum Gasteiger partial charge on any atom is 0.354 e. The van der Waals surface area contributed by atoms with Crippen molar-refractivity contribution in [2.24, 2.45) is 0 Å². The van der Waals surface area contributed by atoms with Crippen molar-refractivity contribution in [1.29, 1.82) is 0 Å². The zero-order valence-corrected chi connectivity index (χ0v) is 19.3. The van der Waals surface area contributed by atoms with Gasteiger partial charge >= 0.3 is 5.97 Å². The standard InChI is InChI=1S/C26H24N6O4/c33-25(29-12-16-1-3-21(26(34)35)28-11-16)17-2-4-20-22(9-17)31-23(30-20)7-15-5-6-27-24(8-15)32-13-19-10-18(32)14-36-19/h1-6,8-9,11,18-19H,7,10,12-14H2,(H,29,33)(H,30,31)(H,34,35)/t18?,19-/m0/s1. The van der Waals surface area contributed by atoms with Crippen molar-refractivity contribution >= 4 is 28.7 Å². The Morgan fingerprint density at radius 2 is 2.06 bits per heavy atom. The van der Waals surface area contributed by atoms with Crippen molar-refractivity contribution in [3.63, 3.8) is 0 Å². The second-order valence-electron chi connectivity index (χ2n) is 9.15. The van der Waals surface area contributed by atoms with Gasteiger partial charge in [-0.15, -0.1) is 0 Å². The highest BCUT2D eigenvalue weighted by Gasteiger charge is 2.39. The Hall–Kier alpha value is -4.31. The molecule has 1 amide bonds. The predicted molar refractivity (Wildman–Crippen MR) is 131 cm³/mol. The number of hydrogen-bond donors (Lipinski definition) is 3. The molecule has 0 spiro atoms. The Kier molecular flexibility index (Phi) is 5.57. The van der Waals surface area contributed by atoms with Crippen molar-refractivity contribution in [3.05, 3.63) is 83.1 Å². The number of carbonyl (C=O) groups is 2. The SMILES string of the molecule is O=C(NCc1ccc(C(=O)O)nc1)c1ccc2nc(Cc3ccnc(N4C[C@@H]5CC4CO5)c3)[nH]c2c1. The molecule has 0 radical (unpaired) electrons. The second-order valence-corrected chi connectivity index (χ2v) is 9.15. The quantitative estimate of drug-likeness (QED) is 0.365. The molecule has 5 heterocycles. The number of aromatic amines is 1. The van der Waals surface area contributed by atoms with E-state index in [1.54, 1.807) is 18.2 Å². The third-order valence-electron chi connectivity index (χ3n) is 6.67. The van der Waals surface area contributed by atoms with E-state index in [0.29, 0.717) is 29.7 Å². The molecule has 182 valence electrons. The van der Waals surface area contributed by atoms with Gasteiger partial charge in [-0.25, -0.2) is 19.7 Å². The Morgan fingerprint density at radius 1 is 1.14 bits per heavy atom. The molecule has 10 nitrogen and oxygen atoms in total. The van der Waals surface area contributed by atoms with Crippen LogP contribution in [-0.2, 0) is 17.7 Å². The molecule has 4 aromatic rings. The van der Waals surface area contributed by atoms with Crippen LogP contribution in [-0.4, -0.2) is 62.2 Å². The number of H-pyrrole nitrogens is 1. The number of carbonyl (C=O) groups excluding carboxylic acids is 1. The molecule has 36 heavy (non-hydrogen) atoms. The molecular formula is C26H24N6O4. The molecule has 1 aromatic carbocycles. The maximum absolute atomic E-state index is 12.7. The largest absolute Gasteiger partial charge is 0.477 e. The summed E-state index contributed by atoms with van der Waals surface area (Å²) >= 11 is 0. The van der Waals surface area contributed by atoms with Crippen molar-refractivity contribution in [2.45, 2.75) is 31.5 Å². The summed E-state index contributed by atoms with van der Waals surface area (Å²) in [6, 6.07) is 12.9. The molecule has 10 heteroatoms. The average molecular weight is 485 g/mol. The van der Waals surface area contributed by atoms with Crippen LogP contribution in [0.5, 0.6) is 0 Å². The summed E-state index contributed by atoms with van der Waals surface area (Å²) in [6.07, 6.45) is 5.30. The van der Waals surface area contributed by atoms with Gasteiger partial charge < -0.3 is 25.0 Å². The number of benzene rings is 1. The number of aromatic nitrogens is 4. The first-order valence-electron chi connectivity index (χ1n) is 11.8. The number of amides is 1. The number of rotatable bonds is 7. The molecule has 2 aliphatic heterocycles. The Balaban J connectivity index is 1.12. The number of morpholine rings is 1. The topological polar surface area (TPSA) is 133 Å². The summed E-state index contributed by atoms with van der Waals surface area (Å²) in [5.74, 6) is 0.468. The van der Waals surface area contributed by atoms with Gasteiger partial charge in [-0.1, -0.05) is 6.07 Å². The lowest BCUT2D eigenvalue weighted by Gasteiger charge is -2.28. The minimum atomic E-state index is -1.09. The Morgan fingerprint density at radius 3 is 2.81 bits per heavy atom. The number of hydrogen-bond acceptors (Lipinski definition) is 7. The van der Waals surface area contributed by atoms with Crippen LogP contribution in [0.4, 0.5) is 5.82 Å². The smallest absolute Gasteiger partial charge is 0.354 e. The van der Waals surface area contributed by atoms with Crippen LogP contribution in [0.3, 0.4) is 0 Å². The number of imidazole rings is 1. The van der Waals surface area contributed by atoms with Crippen LogP contribution in [0, 0.1) is 0 Å². The third kappa shape index (κ3) is 4.38. The van der Waals surface area contributed by atoms with E-state index in [0.717, 1.165) is 47.8 Å². The number of pyridine rings is 2. The second kappa shape index (κ2) is 9.04. The van der Waals surface area contributed by atoms with Crippen LogP contribution in [0.15, 0.2) is 54.9 Å². The number of anilines is 1. The minimum Gasteiger partial charge on any atom is -0.477 e. The molecule has 0 saturated carbocycles. The van der Waals surface area contributed by atoms with E-state index in [1.807, 2.05) is 18.3 Å². The number of aromatic carboxylic acids is 1. The van der Waals surface area contributed by atoms with E-state index in [-0.39, 0.29) is 18.1 Å². The van der Waals surface area contributed by atoms with E-state index >= 15 is 0 Å². The van der Waals surface area contributed by atoms with Crippen molar-refractivity contribution < 1.29 is 19.4 Å². The summed E-state index contributed by atoms with van der Waals surface area (Å²) in [5.41, 5.74) is 3.87. The maximum atomic E-state index is 12.7. The molecule has 1 unspecified atom stereocenters. The number of fused-ring (bicyclic) bond motifs is 3. The third-order valence-corrected chi connectivity index (χ3v) is 6.67. The van der Waals surface area contributed by atoms with Gasteiger partial charge in [0.1, 0.15) is 17.3 Å². The predicted octanol–water partition coefficient (Wildman–Crippen LogP) is 2.55. The Bertz CT molecular complexity index is 1450. The molecule has 3 N–H and O–H groups in total. The number of carboxylic acid groups (broad SMARTS) is 1. The van der Waals surface area contributed by atoms with Gasteiger partial charge in [0, 0.05) is 37.5 Å². The number of ether oxygens (including phenoxy) is 1. The molecule has 0 aliphatic carbocycles. The van der Waals surface area contributed by atoms with E-state index in [2.05, 4.69) is 31.2 Å². The van der Waals surface area contributed by atoms with Gasteiger partial charge in [0.15, 0.2) is 0 Å². The molecule has 2 atom stereocenters. The van der Waals surface area contributed by atoms with Crippen LogP contribution >= 0.6 is 0 Å². The Labute approximate surface area is 206 Å². The summed E-state index contributed by atoms with van der Waals surface area (Å²) in [6.45, 7) is 1.90. The molecular weight excluding hydrogens is 460 g/mol. The van der Waals surface area contributed by atoms with Crippen molar-refractivity contribution in [1.82, 2.24) is 25.3 Å². The molecule has 2 saturated heterocycles. The highest BCUT2D eigenvalue weighted by molar-refractivity contribution is 5.97. The van der Waals surface area contributed by atoms with Crippen molar-refractivity contribution in [3.8, 4) is 0 Å². The zero-order chi connectivity index (χ0) is 24.6. The summed E-state index contributed by atoms with van der Waals surface area (Å²) in [5, 5.41) is 11.8. The van der Waals surface area contributed by atoms with Gasteiger partial charge in [0.25, 0.3) is 5.91 Å². The van der Waals surface area contributed by atoms with Gasteiger partial charge in [-0.3, -0.25) is 4.79 Å². The number of carboxylic acids is 1. The lowest BCUT2D eigenvalue weighted by atomic mass is 10.2. The van der Waals surface area contributed by atoms with Crippen LogP contribution in [0.2, 0.25) is 0 Å². The summed E-state index contributed by atoms with van der Waals surface area (Å²) < 4.78 is 5.70. The fraction of sp³-hybridized carbons (Fsp3) is 0.269. The fourth-order valence-corrected chi connectivity index (χ4v) is 4.83. The van der Waals surface area contributed by atoms with Crippen LogP contribution in [0.1, 0.15) is 44.2 Å². The lowest BCUT2D eigenvalue weighted by Crippen LogP contribution is -2.37. The molecule has 2 bridgehead atoms. The lowest BCUT2D eigenvalue weighted by molar-refractivity contribution is 0.0690. The summed E-state index contributed by atoms with van der Waals surface area (Å²) in [4.78, 5) is 42.4. The first-order valence-corrected chi connectivity index (χ1v) is 11.8. The fourth-order valence-electron chi connectivity index (χ4n) is 4.83. The number of nitrogens with one attached hydrogen (secondary N) is 2. The average Bonchev–Trinajstić information content (AvgIpc) is 3.63.